The molecule has 0 radical (unpaired) electrons. The van der Waals surface area contributed by atoms with E-state index in [1.165, 1.54) is 0 Å². The van der Waals surface area contributed by atoms with Crippen molar-refractivity contribution in [1.29, 1.82) is 0 Å². The Hall–Kier alpha value is -0.370. The van der Waals surface area contributed by atoms with Crippen molar-refractivity contribution in [2.24, 2.45) is 5.92 Å². The molecule has 0 aromatic heterocycles. The first-order valence-electron chi connectivity index (χ1n) is 6.28. The summed E-state index contributed by atoms with van der Waals surface area (Å²) in [6.45, 7) is 6.97. The SMILES string of the molecule is CCOC1(C(=O)CCC(C)C)CCCC1. The van der Waals surface area contributed by atoms with Crippen molar-refractivity contribution < 1.29 is 9.53 Å². The van der Waals surface area contributed by atoms with Crippen molar-refractivity contribution in [3.05, 3.63) is 0 Å². The molecule has 0 heterocycles. The molecule has 2 nitrogen and oxygen atoms in total. The van der Waals surface area contributed by atoms with Gasteiger partial charge in [-0.2, -0.15) is 0 Å². The van der Waals surface area contributed by atoms with E-state index in [2.05, 4.69) is 13.8 Å². The summed E-state index contributed by atoms with van der Waals surface area (Å²) >= 11 is 0. The molecule has 0 atom stereocenters. The van der Waals surface area contributed by atoms with Crippen LogP contribution in [0.4, 0.5) is 0 Å². The highest BCUT2D eigenvalue weighted by Crippen LogP contribution is 2.35. The molecule has 0 aromatic carbocycles. The molecule has 0 saturated heterocycles. The second kappa shape index (κ2) is 5.64. The fourth-order valence-corrected chi connectivity index (χ4v) is 2.37. The first kappa shape index (κ1) is 12.7. The van der Waals surface area contributed by atoms with E-state index in [1.54, 1.807) is 0 Å². The van der Waals surface area contributed by atoms with Gasteiger partial charge in [0.25, 0.3) is 0 Å². The largest absolute Gasteiger partial charge is 0.368 e. The van der Waals surface area contributed by atoms with Crippen molar-refractivity contribution >= 4 is 5.78 Å². The Morgan fingerprint density at radius 1 is 1.33 bits per heavy atom. The minimum Gasteiger partial charge on any atom is -0.368 e. The molecule has 1 rings (SSSR count). The summed E-state index contributed by atoms with van der Waals surface area (Å²) in [4.78, 5) is 12.1. The molecule has 0 aromatic rings. The van der Waals surface area contributed by atoms with Crippen LogP contribution < -0.4 is 0 Å². The molecule has 15 heavy (non-hydrogen) atoms. The van der Waals surface area contributed by atoms with Gasteiger partial charge in [0, 0.05) is 13.0 Å². The summed E-state index contributed by atoms with van der Waals surface area (Å²) in [7, 11) is 0. The van der Waals surface area contributed by atoms with Gasteiger partial charge >= 0.3 is 0 Å². The summed E-state index contributed by atoms with van der Waals surface area (Å²) in [5, 5.41) is 0. The monoisotopic (exact) mass is 212 g/mol. The number of carbonyl (C=O) groups excluding carboxylic acids is 1. The smallest absolute Gasteiger partial charge is 0.164 e. The average molecular weight is 212 g/mol. The summed E-state index contributed by atoms with van der Waals surface area (Å²) in [5.74, 6) is 0.949. The predicted molar refractivity (Wildman–Crippen MR) is 61.9 cm³/mol. The third kappa shape index (κ3) is 3.30. The Kier molecular flexibility index (Phi) is 4.78. The van der Waals surface area contributed by atoms with Crippen LogP contribution in [0.2, 0.25) is 0 Å². The second-order valence-corrected chi connectivity index (χ2v) is 4.99. The van der Waals surface area contributed by atoms with Crippen molar-refractivity contribution in [2.45, 2.75) is 64.9 Å². The number of hydrogen-bond donors (Lipinski definition) is 0. The van der Waals surface area contributed by atoms with E-state index in [0.717, 1.165) is 32.1 Å². The molecule has 1 aliphatic rings. The van der Waals surface area contributed by atoms with E-state index in [4.69, 9.17) is 4.74 Å². The Bertz CT molecular complexity index is 203. The molecule has 1 saturated carbocycles. The van der Waals surface area contributed by atoms with Crippen LogP contribution in [0.25, 0.3) is 0 Å². The number of ketones is 1. The number of hydrogen-bond acceptors (Lipinski definition) is 2. The minimum atomic E-state index is -0.399. The fraction of sp³-hybridized carbons (Fsp3) is 0.923. The fourth-order valence-electron chi connectivity index (χ4n) is 2.37. The molecule has 0 amide bonds. The van der Waals surface area contributed by atoms with Crippen LogP contribution in [0.15, 0.2) is 0 Å². The van der Waals surface area contributed by atoms with Gasteiger partial charge in [-0.05, 0) is 44.9 Å². The maximum Gasteiger partial charge on any atom is 0.164 e. The first-order valence-corrected chi connectivity index (χ1v) is 6.28. The van der Waals surface area contributed by atoms with Crippen molar-refractivity contribution in [3.8, 4) is 0 Å². The number of Topliss-reactive ketones (excluding diaryl/α,β-unsaturated/α-hetero) is 1. The summed E-state index contributed by atoms with van der Waals surface area (Å²) in [6, 6.07) is 0. The maximum absolute atomic E-state index is 12.1. The molecule has 0 aliphatic heterocycles. The van der Waals surface area contributed by atoms with Gasteiger partial charge in [-0.25, -0.2) is 0 Å². The Balaban J connectivity index is 2.51. The predicted octanol–water partition coefficient (Wildman–Crippen LogP) is 3.34. The van der Waals surface area contributed by atoms with Crippen molar-refractivity contribution in [2.75, 3.05) is 6.61 Å². The molecule has 0 unspecified atom stereocenters. The lowest BCUT2D eigenvalue weighted by Gasteiger charge is -2.27. The molecule has 0 spiro atoms. The number of ether oxygens (including phenoxy) is 1. The highest BCUT2D eigenvalue weighted by atomic mass is 16.5. The topological polar surface area (TPSA) is 26.3 Å². The van der Waals surface area contributed by atoms with Crippen LogP contribution in [-0.4, -0.2) is 18.0 Å². The summed E-state index contributed by atoms with van der Waals surface area (Å²) in [6.07, 6.45) is 5.86. The van der Waals surface area contributed by atoms with Gasteiger partial charge in [0.2, 0.25) is 0 Å². The normalized spacial score (nSPS) is 19.7. The third-order valence-corrected chi connectivity index (χ3v) is 3.29. The van der Waals surface area contributed by atoms with E-state index in [9.17, 15) is 4.79 Å². The van der Waals surface area contributed by atoms with E-state index in [1.807, 2.05) is 6.92 Å². The lowest BCUT2D eigenvalue weighted by molar-refractivity contribution is -0.143. The highest BCUT2D eigenvalue weighted by Gasteiger charge is 2.40. The van der Waals surface area contributed by atoms with Gasteiger partial charge in [-0.3, -0.25) is 4.79 Å². The highest BCUT2D eigenvalue weighted by molar-refractivity contribution is 5.87. The molecule has 0 N–H and O–H groups in total. The van der Waals surface area contributed by atoms with Gasteiger partial charge in [0.1, 0.15) is 5.60 Å². The zero-order valence-electron chi connectivity index (χ0n) is 10.3. The number of rotatable bonds is 6. The van der Waals surface area contributed by atoms with Gasteiger partial charge in [-0.1, -0.05) is 13.8 Å². The Morgan fingerprint density at radius 2 is 1.93 bits per heavy atom. The molecule has 88 valence electrons. The van der Waals surface area contributed by atoms with Crippen molar-refractivity contribution in [1.82, 2.24) is 0 Å². The van der Waals surface area contributed by atoms with E-state index in [0.29, 0.717) is 24.7 Å². The van der Waals surface area contributed by atoms with Crippen LogP contribution in [0.5, 0.6) is 0 Å². The van der Waals surface area contributed by atoms with Crippen LogP contribution in [0.3, 0.4) is 0 Å². The minimum absolute atomic E-state index is 0.343. The molecule has 1 aliphatic carbocycles. The van der Waals surface area contributed by atoms with Crippen LogP contribution >= 0.6 is 0 Å². The maximum atomic E-state index is 12.1. The van der Waals surface area contributed by atoms with Gasteiger partial charge in [-0.15, -0.1) is 0 Å². The first-order chi connectivity index (χ1) is 7.10. The van der Waals surface area contributed by atoms with Gasteiger partial charge < -0.3 is 4.74 Å². The van der Waals surface area contributed by atoms with E-state index in [-0.39, 0.29) is 0 Å². The Morgan fingerprint density at radius 3 is 2.40 bits per heavy atom. The third-order valence-electron chi connectivity index (χ3n) is 3.29. The quantitative estimate of drug-likeness (QED) is 0.675. The zero-order valence-corrected chi connectivity index (χ0v) is 10.3. The molecule has 1 fully saturated rings. The molecule has 0 bridgehead atoms. The van der Waals surface area contributed by atoms with Crippen LogP contribution in [0, 0.1) is 5.92 Å². The molecular formula is C13H24O2. The summed E-state index contributed by atoms with van der Waals surface area (Å²) < 4.78 is 5.73. The van der Waals surface area contributed by atoms with Crippen molar-refractivity contribution in [3.63, 3.8) is 0 Å². The van der Waals surface area contributed by atoms with Crippen LogP contribution in [-0.2, 0) is 9.53 Å². The van der Waals surface area contributed by atoms with Gasteiger partial charge in [0.15, 0.2) is 5.78 Å². The lowest BCUT2D eigenvalue weighted by atomic mass is 9.91. The summed E-state index contributed by atoms with van der Waals surface area (Å²) in [5.41, 5.74) is -0.399. The van der Waals surface area contributed by atoms with Gasteiger partial charge in [0.05, 0.1) is 0 Å². The van der Waals surface area contributed by atoms with E-state index < -0.39 is 5.60 Å². The number of carbonyl (C=O) groups is 1. The zero-order chi connectivity index (χ0) is 11.3. The Labute approximate surface area is 93.4 Å². The average Bonchev–Trinajstić information content (AvgIpc) is 2.64. The molecular weight excluding hydrogens is 188 g/mol. The lowest BCUT2D eigenvalue weighted by Crippen LogP contribution is -2.38. The standard InChI is InChI=1S/C13H24O2/c1-4-15-13(9-5-6-10-13)12(14)8-7-11(2)3/h11H,4-10H2,1-3H3. The molecule has 2 heteroatoms. The van der Waals surface area contributed by atoms with E-state index >= 15 is 0 Å². The second-order valence-electron chi connectivity index (χ2n) is 4.99. The van der Waals surface area contributed by atoms with Crippen LogP contribution in [0.1, 0.15) is 59.3 Å².